The fraction of sp³-hybridized carbons (Fsp3) is 0.143. The molecular weight excluding hydrogens is 344 g/mol. The molecule has 138 valence electrons. The third-order valence-corrected chi connectivity index (χ3v) is 3.30. The minimum atomic E-state index is -0.350. The maximum atomic E-state index is 11.6. The van der Waals surface area contributed by atoms with Gasteiger partial charge in [0, 0.05) is 24.8 Å². The van der Waals surface area contributed by atoms with Crippen molar-refractivity contribution >= 4 is 11.9 Å². The highest BCUT2D eigenvalue weighted by molar-refractivity contribution is 5.89. The predicted octanol–water partition coefficient (Wildman–Crippen LogP) is 3.70. The molecule has 0 radical (unpaired) electrons. The van der Waals surface area contributed by atoms with E-state index in [1.807, 2.05) is 30.3 Å². The standard InChI is InChI=1S/C13H11NO2.C8H9NO2/c15-13(12-7-4-8-14-9-12)16-10-11-5-2-1-3-6-11;1-2-11-8(10)7-3-5-9-6-4-7/h1-9H,10H2;3-6H,2H2,1H3. The van der Waals surface area contributed by atoms with Gasteiger partial charge in [0.25, 0.3) is 0 Å². The van der Waals surface area contributed by atoms with E-state index in [1.54, 1.807) is 49.8 Å². The second-order valence-electron chi connectivity index (χ2n) is 5.26. The molecule has 6 heteroatoms. The molecule has 0 N–H and O–H groups in total. The smallest absolute Gasteiger partial charge is 0.340 e. The molecule has 0 unspecified atom stereocenters. The summed E-state index contributed by atoms with van der Waals surface area (Å²) in [6, 6.07) is 16.2. The average Bonchev–Trinajstić information content (AvgIpc) is 2.75. The molecule has 6 nitrogen and oxygen atoms in total. The topological polar surface area (TPSA) is 78.4 Å². The van der Waals surface area contributed by atoms with Crippen LogP contribution < -0.4 is 0 Å². The van der Waals surface area contributed by atoms with Gasteiger partial charge in [0.15, 0.2) is 0 Å². The number of hydrogen-bond donors (Lipinski definition) is 0. The molecule has 0 aliphatic heterocycles. The lowest BCUT2D eigenvalue weighted by Crippen LogP contribution is -2.05. The Morgan fingerprint density at radius 2 is 1.48 bits per heavy atom. The first-order valence-corrected chi connectivity index (χ1v) is 8.39. The molecule has 0 atom stereocenters. The number of pyridine rings is 2. The van der Waals surface area contributed by atoms with Crippen molar-refractivity contribution in [3.8, 4) is 0 Å². The van der Waals surface area contributed by atoms with Gasteiger partial charge in [-0.25, -0.2) is 9.59 Å². The number of carbonyl (C=O) groups is 2. The molecule has 0 saturated heterocycles. The van der Waals surface area contributed by atoms with Crippen molar-refractivity contribution in [2.45, 2.75) is 13.5 Å². The molecule has 1 aromatic carbocycles. The Bertz CT molecular complexity index is 825. The van der Waals surface area contributed by atoms with Crippen LogP contribution in [0.15, 0.2) is 79.4 Å². The third-order valence-electron chi connectivity index (χ3n) is 3.30. The van der Waals surface area contributed by atoms with Gasteiger partial charge in [0.1, 0.15) is 6.61 Å². The van der Waals surface area contributed by atoms with Crippen LogP contribution in [-0.4, -0.2) is 28.5 Å². The zero-order valence-electron chi connectivity index (χ0n) is 14.9. The number of hydrogen-bond acceptors (Lipinski definition) is 6. The lowest BCUT2D eigenvalue weighted by molar-refractivity contribution is 0.0470. The lowest BCUT2D eigenvalue weighted by atomic mass is 10.2. The minimum Gasteiger partial charge on any atom is -0.462 e. The van der Waals surface area contributed by atoms with Gasteiger partial charge in [-0.05, 0) is 36.8 Å². The highest BCUT2D eigenvalue weighted by atomic mass is 16.5. The van der Waals surface area contributed by atoms with Gasteiger partial charge in [0.05, 0.1) is 17.7 Å². The van der Waals surface area contributed by atoms with Gasteiger partial charge < -0.3 is 9.47 Å². The molecule has 0 aliphatic carbocycles. The van der Waals surface area contributed by atoms with Gasteiger partial charge >= 0.3 is 11.9 Å². The van der Waals surface area contributed by atoms with E-state index >= 15 is 0 Å². The summed E-state index contributed by atoms with van der Waals surface area (Å²) in [7, 11) is 0. The second-order valence-corrected chi connectivity index (χ2v) is 5.26. The van der Waals surface area contributed by atoms with Crippen LogP contribution in [0.25, 0.3) is 0 Å². The molecule has 0 spiro atoms. The van der Waals surface area contributed by atoms with Crippen LogP contribution in [0.5, 0.6) is 0 Å². The summed E-state index contributed by atoms with van der Waals surface area (Å²) >= 11 is 0. The van der Waals surface area contributed by atoms with Crippen molar-refractivity contribution in [1.29, 1.82) is 0 Å². The first kappa shape index (κ1) is 19.8. The fourth-order valence-corrected chi connectivity index (χ4v) is 1.99. The van der Waals surface area contributed by atoms with Crippen LogP contribution in [0, 0.1) is 0 Å². The summed E-state index contributed by atoms with van der Waals surface area (Å²) in [6.45, 7) is 2.47. The number of carbonyl (C=O) groups excluding carboxylic acids is 2. The number of nitrogens with zero attached hydrogens (tertiary/aromatic N) is 2. The molecular formula is C21H20N2O4. The van der Waals surface area contributed by atoms with E-state index in [-0.39, 0.29) is 18.5 Å². The van der Waals surface area contributed by atoms with Gasteiger partial charge in [0.2, 0.25) is 0 Å². The first-order valence-electron chi connectivity index (χ1n) is 8.39. The molecule has 0 fully saturated rings. The summed E-state index contributed by atoms with van der Waals surface area (Å²) in [4.78, 5) is 30.2. The molecule has 3 rings (SSSR count). The number of rotatable bonds is 5. The van der Waals surface area contributed by atoms with Crippen molar-refractivity contribution in [1.82, 2.24) is 9.97 Å². The Labute approximate surface area is 157 Å². The number of aromatic nitrogens is 2. The van der Waals surface area contributed by atoms with Crippen LogP contribution in [-0.2, 0) is 16.1 Å². The normalized spacial score (nSPS) is 9.52. The fourth-order valence-electron chi connectivity index (χ4n) is 1.99. The van der Waals surface area contributed by atoms with Crippen molar-refractivity contribution in [3.05, 3.63) is 96.1 Å². The van der Waals surface area contributed by atoms with Gasteiger partial charge in [-0.15, -0.1) is 0 Å². The Hall–Kier alpha value is -3.54. The van der Waals surface area contributed by atoms with Gasteiger partial charge in [-0.3, -0.25) is 9.97 Å². The monoisotopic (exact) mass is 364 g/mol. The average molecular weight is 364 g/mol. The molecule has 0 bridgehead atoms. The summed E-state index contributed by atoms with van der Waals surface area (Å²) < 4.78 is 9.90. The van der Waals surface area contributed by atoms with Gasteiger partial charge in [-0.2, -0.15) is 0 Å². The van der Waals surface area contributed by atoms with Crippen LogP contribution >= 0.6 is 0 Å². The molecule has 3 aromatic rings. The maximum Gasteiger partial charge on any atom is 0.340 e. The summed E-state index contributed by atoms with van der Waals surface area (Å²) in [5.41, 5.74) is 1.99. The van der Waals surface area contributed by atoms with Crippen LogP contribution in [0.1, 0.15) is 33.2 Å². The third kappa shape index (κ3) is 7.07. The van der Waals surface area contributed by atoms with Crippen LogP contribution in [0.3, 0.4) is 0 Å². The minimum absolute atomic E-state index is 0.286. The Balaban J connectivity index is 0.000000208. The number of benzene rings is 1. The summed E-state index contributed by atoms with van der Waals surface area (Å²) in [6.07, 6.45) is 6.24. The lowest BCUT2D eigenvalue weighted by Gasteiger charge is -2.03. The SMILES string of the molecule is CCOC(=O)c1ccncc1.O=C(OCc1ccccc1)c1cccnc1. The van der Waals surface area contributed by atoms with E-state index in [0.717, 1.165) is 5.56 Å². The predicted molar refractivity (Wildman–Crippen MR) is 100.0 cm³/mol. The Kier molecular flexibility index (Phi) is 8.17. The summed E-state index contributed by atoms with van der Waals surface area (Å²) in [5.74, 6) is -0.646. The molecule has 0 saturated carbocycles. The number of esters is 2. The van der Waals surface area contributed by atoms with Crippen molar-refractivity contribution in [3.63, 3.8) is 0 Å². The zero-order valence-corrected chi connectivity index (χ0v) is 14.9. The highest BCUT2D eigenvalue weighted by Gasteiger charge is 2.06. The van der Waals surface area contributed by atoms with Crippen LogP contribution in [0.2, 0.25) is 0 Å². The largest absolute Gasteiger partial charge is 0.462 e. The Morgan fingerprint density at radius 3 is 2.11 bits per heavy atom. The van der Waals surface area contributed by atoms with E-state index in [9.17, 15) is 9.59 Å². The molecule has 27 heavy (non-hydrogen) atoms. The first-order chi connectivity index (χ1) is 13.2. The molecule has 2 heterocycles. The maximum absolute atomic E-state index is 11.6. The quantitative estimate of drug-likeness (QED) is 0.643. The molecule has 0 aliphatic rings. The molecule has 2 aromatic heterocycles. The van der Waals surface area contributed by atoms with E-state index in [4.69, 9.17) is 9.47 Å². The summed E-state index contributed by atoms with van der Waals surface area (Å²) in [5, 5.41) is 0. The van der Waals surface area contributed by atoms with E-state index in [0.29, 0.717) is 17.7 Å². The molecule has 0 amide bonds. The van der Waals surface area contributed by atoms with E-state index in [2.05, 4.69) is 9.97 Å². The van der Waals surface area contributed by atoms with E-state index in [1.165, 1.54) is 6.20 Å². The van der Waals surface area contributed by atoms with E-state index < -0.39 is 0 Å². The second kappa shape index (κ2) is 11.1. The number of ether oxygens (including phenoxy) is 2. The van der Waals surface area contributed by atoms with Crippen molar-refractivity contribution in [2.24, 2.45) is 0 Å². The highest BCUT2D eigenvalue weighted by Crippen LogP contribution is 2.04. The van der Waals surface area contributed by atoms with Crippen molar-refractivity contribution in [2.75, 3.05) is 6.61 Å². The van der Waals surface area contributed by atoms with Crippen LogP contribution in [0.4, 0.5) is 0 Å². The van der Waals surface area contributed by atoms with Gasteiger partial charge in [-0.1, -0.05) is 30.3 Å². The van der Waals surface area contributed by atoms with Crippen molar-refractivity contribution < 1.29 is 19.1 Å². The zero-order chi connectivity index (χ0) is 19.3. The Morgan fingerprint density at radius 1 is 0.778 bits per heavy atom.